The molecule has 4 aromatic rings. The molecule has 4 nitrogen and oxygen atoms in total. The Morgan fingerprint density at radius 2 is 1.52 bits per heavy atom. The third-order valence-electron chi connectivity index (χ3n) is 5.49. The predicted octanol–water partition coefficient (Wildman–Crippen LogP) is 5.69. The summed E-state index contributed by atoms with van der Waals surface area (Å²) in [6.45, 7) is 1.43. The van der Waals surface area contributed by atoms with E-state index in [1.54, 1.807) is 0 Å². The molecule has 5 rings (SSSR count). The summed E-state index contributed by atoms with van der Waals surface area (Å²) in [5.74, 6) is 1.15. The van der Waals surface area contributed by atoms with Crippen LogP contribution in [0.3, 0.4) is 0 Å². The van der Waals surface area contributed by atoms with E-state index in [0.29, 0.717) is 17.5 Å². The number of carbonyl (C=O) groups is 1. The van der Waals surface area contributed by atoms with Gasteiger partial charge in [-0.2, -0.15) is 0 Å². The molecule has 3 aromatic carbocycles. The number of hydrogen-bond acceptors (Lipinski definition) is 4. The number of benzene rings is 3. The van der Waals surface area contributed by atoms with Crippen molar-refractivity contribution >= 4 is 17.7 Å². The maximum absolute atomic E-state index is 12.8. The number of carbonyl (C=O) groups excluding carboxylic acids is 1. The predicted molar refractivity (Wildman–Crippen MR) is 124 cm³/mol. The maximum atomic E-state index is 12.8. The van der Waals surface area contributed by atoms with Crippen LogP contribution in [-0.4, -0.2) is 28.1 Å². The van der Waals surface area contributed by atoms with Crippen molar-refractivity contribution in [3.05, 3.63) is 96.1 Å². The van der Waals surface area contributed by atoms with E-state index in [4.69, 9.17) is 9.40 Å². The van der Waals surface area contributed by atoms with Crippen molar-refractivity contribution in [2.45, 2.75) is 18.2 Å². The van der Waals surface area contributed by atoms with Crippen LogP contribution in [0.15, 0.2) is 94.6 Å². The highest BCUT2D eigenvalue weighted by molar-refractivity contribution is 7.99. The van der Waals surface area contributed by atoms with Crippen molar-refractivity contribution in [3.63, 3.8) is 0 Å². The number of hydrogen-bond donors (Lipinski definition) is 0. The second-order valence-corrected chi connectivity index (χ2v) is 8.44. The number of oxazole rings is 1. The maximum Gasteiger partial charge on any atom is 0.257 e. The molecule has 1 aromatic heterocycles. The Kier molecular flexibility index (Phi) is 5.59. The molecule has 31 heavy (non-hydrogen) atoms. The topological polar surface area (TPSA) is 46.3 Å². The van der Waals surface area contributed by atoms with Crippen LogP contribution in [0.1, 0.15) is 11.1 Å². The van der Waals surface area contributed by atoms with Gasteiger partial charge in [0.05, 0.1) is 5.75 Å². The molecule has 1 aliphatic heterocycles. The van der Waals surface area contributed by atoms with Crippen molar-refractivity contribution in [2.24, 2.45) is 0 Å². The number of rotatable bonds is 5. The Morgan fingerprint density at radius 1 is 0.871 bits per heavy atom. The molecule has 0 unspecified atom stereocenters. The largest absolute Gasteiger partial charge is 0.431 e. The monoisotopic (exact) mass is 426 g/mol. The first-order valence-electron chi connectivity index (χ1n) is 10.4. The molecule has 0 saturated carbocycles. The second-order valence-electron chi connectivity index (χ2n) is 7.51. The SMILES string of the molecule is O=C(CSc1nc(-c2ccccc2)c(-c2ccccc2)o1)N1CCc2ccccc2C1. The standard InChI is InChI=1S/C26H22N2O2S/c29-23(28-16-15-19-9-7-8-14-22(19)17-28)18-31-26-27-24(20-10-3-1-4-11-20)25(30-26)21-12-5-2-6-13-21/h1-14H,15-18H2. The average Bonchev–Trinajstić information content (AvgIpc) is 3.28. The van der Waals surface area contributed by atoms with E-state index >= 15 is 0 Å². The highest BCUT2D eigenvalue weighted by Crippen LogP contribution is 2.35. The lowest BCUT2D eigenvalue weighted by molar-refractivity contribution is -0.129. The molecule has 154 valence electrons. The van der Waals surface area contributed by atoms with Gasteiger partial charge in [0.1, 0.15) is 5.69 Å². The molecule has 0 spiro atoms. The van der Waals surface area contributed by atoms with Crippen molar-refractivity contribution in [1.82, 2.24) is 9.88 Å². The molecule has 1 amide bonds. The lowest BCUT2D eigenvalue weighted by atomic mass is 10.00. The minimum Gasteiger partial charge on any atom is -0.431 e. The Hall–Kier alpha value is -3.31. The number of aromatic nitrogens is 1. The van der Waals surface area contributed by atoms with Gasteiger partial charge in [0.2, 0.25) is 5.91 Å². The van der Waals surface area contributed by atoms with Gasteiger partial charge in [-0.05, 0) is 17.5 Å². The Morgan fingerprint density at radius 3 is 2.26 bits per heavy atom. The van der Waals surface area contributed by atoms with Crippen molar-refractivity contribution < 1.29 is 9.21 Å². The summed E-state index contributed by atoms with van der Waals surface area (Å²) in [5.41, 5.74) is 5.34. The fourth-order valence-electron chi connectivity index (χ4n) is 3.86. The fraction of sp³-hybridized carbons (Fsp3) is 0.154. The first-order chi connectivity index (χ1) is 15.3. The summed E-state index contributed by atoms with van der Waals surface area (Å²) < 4.78 is 6.13. The molecule has 0 aliphatic carbocycles. The Labute approximate surface area is 185 Å². The Bertz CT molecular complexity index is 1130. The van der Waals surface area contributed by atoms with E-state index in [9.17, 15) is 4.79 Å². The van der Waals surface area contributed by atoms with Gasteiger partial charge in [0.25, 0.3) is 5.22 Å². The first kappa shape index (κ1) is 19.6. The van der Waals surface area contributed by atoms with Crippen molar-refractivity contribution in [1.29, 1.82) is 0 Å². The third-order valence-corrected chi connectivity index (χ3v) is 6.31. The van der Waals surface area contributed by atoms with Crippen LogP contribution in [0.25, 0.3) is 22.6 Å². The molecular weight excluding hydrogens is 404 g/mol. The summed E-state index contributed by atoms with van der Waals surface area (Å²) >= 11 is 1.36. The molecular formula is C26H22N2O2S. The molecule has 0 fully saturated rings. The Balaban J connectivity index is 1.34. The van der Waals surface area contributed by atoms with Gasteiger partial charge in [0, 0.05) is 24.2 Å². The van der Waals surface area contributed by atoms with Crippen molar-refractivity contribution in [3.8, 4) is 22.6 Å². The molecule has 0 N–H and O–H groups in total. The second kappa shape index (κ2) is 8.82. The van der Waals surface area contributed by atoms with Crippen LogP contribution in [-0.2, 0) is 17.8 Å². The molecule has 5 heteroatoms. The van der Waals surface area contributed by atoms with E-state index in [1.807, 2.05) is 71.6 Å². The quantitative estimate of drug-likeness (QED) is 0.385. The number of thioether (sulfide) groups is 1. The summed E-state index contributed by atoms with van der Waals surface area (Å²) in [6, 6.07) is 28.3. The molecule has 0 bridgehead atoms. The van der Waals surface area contributed by atoms with Gasteiger partial charge >= 0.3 is 0 Å². The third kappa shape index (κ3) is 4.28. The smallest absolute Gasteiger partial charge is 0.257 e. The highest BCUT2D eigenvalue weighted by Gasteiger charge is 2.22. The molecule has 0 radical (unpaired) electrons. The molecule has 1 aliphatic rings. The van der Waals surface area contributed by atoms with Crippen LogP contribution in [0.2, 0.25) is 0 Å². The zero-order chi connectivity index (χ0) is 21.0. The minimum absolute atomic E-state index is 0.111. The lowest BCUT2D eigenvalue weighted by Crippen LogP contribution is -2.37. The van der Waals surface area contributed by atoms with E-state index in [0.717, 1.165) is 35.5 Å². The average molecular weight is 427 g/mol. The van der Waals surface area contributed by atoms with Gasteiger partial charge in [-0.1, -0.05) is 96.7 Å². The van der Waals surface area contributed by atoms with E-state index in [1.165, 1.54) is 22.9 Å². The fourth-order valence-corrected chi connectivity index (χ4v) is 4.59. The normalized spacial score (nSPS) is 13.1. The van der Waals surface area contributed by atoms with Crippen LogP contribution in [0.4, 0.5) is 0 Å². The molecule has 2 heterocycles. The zero-order valence-corrected chi connectivity index (χ0v) is 17.8. The number of nitrogens with zero attached hydrogens (tertiary/aromatic N) is 2. The van der Waals surface area contributed by atoms with Gasteiger partial charge in [-0.3, -0.25) is 4.79 Å². The van der Waals surface area contributed by atoms with E-state index < -0.39 is 0 Å². The van der Waals surface area contributed by atoms with E-state index in [-0.39, 0.29) is 5.91 Å². The highest BCUT2D eigenvalue weighted by atomic mass is 32.2. The van der Waals surface area contributed by atoms with Crippen molar-refractivity contribution in [2.75, 3.05) is 12.3 Å². The molecule has 0 atom stereocenters. The summed E-state index contributed by atoms with van der Waals surface area (Å²) in [4.78, 5) is 19.5. The van der Waals surface area contributed by atoms with Crippen LogP contribution < -0.4 is 0 Å². The van der Waals surface area contributed by atoms with Gasteiger partial charge in [0.15, 0.2) is 5.76 Å². The van der Waals surface area contributed by atoms with Gasteiger partial charge in [-0.25, -0.2) is 4.98 Å². The number of amides is 1. The summed E-state index contributed by atoms with van der Waals surface area (Å²) in [7, 11) is 0. The minimum atomic E-state index is 0.111. The van der Waals surface area contributed by atoms with Gasteiger partial charge in [-0.15, -0.1) is 0 Å². The summed E-state index contributed by atoms with van der Waals surface area (Å²) in [6.07, 6.45) is 0.905. The van der Waals surface area contributed by atoms with Crippen LogP contribution in [0.5, 0.6) is 0 Å². The summed E-state index contributed by atoms with van der Waals surface area (Å²) in [5, 5.41) is 0.517. The zero-order valence-electron chi connectivity index (χ0n) is 17.0. The molecule has 0 saturated heterocycles. The van der Waals surface area contributed by atoms with Gasteiger partial charge < -0.3 is 9.32 Å². The van der Waals surface area contributed by atoms with Crippen LogP contribution in [0, 0.1) is 0 Å². The van der Waals surface area contributed by atoms with Crippen LogP contribution >= 0.6 is 11.8 Å². The number of fused-ring (bicyclic) bond motifs is 1. The first-order valence-corrected chi connectivity index (χ1v) is 11.4. The lowest BCUT2D eigenvalue weighted by Gasteiger charge is -2.28. The van der Waals surface area contributed by atoms with E-state index in [2.05, 4.69) is 18.2 Å².